The Morgan fingerprint density at radius 1 is 1.03 bits per heavy atom. The highest BCUT2D eigenvalue weighted by Gasteiger charge is 2.55. The van der Waals surface area contributed by atoms with E-state index in [1.807, 2.05) is 18.2 Å². The number of carbonyl (C=O) groups is 3. The summed E-state index contributed by atoms with van der Waals surface area (Å²) >= 11 is 0. The van der Waals surface area contributed by atoms with Crippen molar-refractivity contribution in [3.63, 3.8) is 0 Å². The second-order valence-electron chi connectivity index (χ2n) is 7.73. The molecule has 1 saturated carbocycles. The number of benzene rings is 1. The summed E-state index contributed by atoms with van der Waals surface area (Å²) < 4.78 is 0. The van der Waals surface area contributed by atoms with E-state index in [9.17, 15) is 14.4 Å². The highest BCUT2D eigenvalue weighted by atomic mass is 16.2. The molecule has 0 bridgehead atoms. The normalized spacial score (nSPS) is 17.5. The number of aromatic nitrogens is 2. The monoisotopic (exact) mass is 388 g/mol. The van der Waals surface area contributed by atoms with E-state index >= 15 is 0 Å². The number of pyridine rings is 1. The number of fused-ring (bicyclic) bond motifs is 1. The number of Topliss-reactive ketones (excluding diaryl/α,β-unsaturated/α-hetero) is 1. The Labute approximate surface area is 167 Å². The molecule has 146 valence electrons. The summed E-state index contributed by atoms with van der Waals surface area (Å²) in [6, 6.07) is 10.9. The number of rotatable bonds is 3. The third-order valence-electron chi connectivity index (χ3n) is 5.95. The lowest BCUT2D eigenvalue weighted by molar-refractivity contribution is -0.131. The van der Waals surface area contributed by atoms with Crippen molar-refractivity contribution < 1.29 is 14.4 Å². The SMILES string of the molecule is O=C(C(=O)N1CCN(C(=O)c2ccccc2)CC12CC2)c1c[nH]c2cnccc12. The van der Waals surface area contributed by atoms with Crippen LogP contribution in [-0.4, -0.2) is 62.5 Å². The van der Waals surface area contributed by atoms with Gasteiger partial charge in [0.05, 0.1) is 22.8 Å². The van der Waals surface area contributed by atoms with Gasteiger partial charge in [-0.15, -0.1) is 0 Å². The van der Waals surface area contributed by atoms with Crippen molar-refractivity contribution in [2.24, 2.45) is 0 Å². The van der Waals surface area contributed by atoms with Gasteiger partial charge in [0.1, 0.15) is 0 Å². The number of amides is 2. The first kappa shape index (κ1) is 17.6. The van der Waals surface area contributed by atoms with Crippen LogP contribution in [-0.2, 0) is 4.79 Å². The molecule has 7 nitrogen and oxygen atoms in total. The van der Waals surface area contributed by atoms with Crippen LogP contribution in [0.4, 0.5) is 0 Å². The average molecular weight is 388 g/mol. The molecule has 7 heteroatoms. The molecule has 1 spiro atoms. The van der Waals surface area contributed by atoms with Gasteiger partial charge in [-0.25, -0.2) is 0 Å². The fourth-order valence-corrected chi connectivity index (χ4v) is 4.20. The molecule has 2 fully saturated rings. The Bertz CT molecular complexity index is 1120. The average Bonchev–Trinajstić information content (AvgIpc) is 3.39. The molecule has 0 radical (unpaired) electrons. The maximum atomic E-state index is 13.1. The van der Waals surface area contributed by atoms with Gasteiger partial charge in [-0.2, -0.15) is 0 Å². The third kappa shape index (κ3) is 2.90. The molecule has 0 unspecified atom stereocenters. The van der Waals surface area contributed by atoms with Gasteiger partial charge in [-0.3, -0.25) is 19.4 Å². The predicted octanol–water partition coefficient (Wildman–Crippen LogP) is 2.26. The van der Waals surface area contributed by atoms with Crippen molar-refractivity contribution >= 4 is 28.5 Å². The van der Waals surface area contributed by atoms with Gasteiger partial charge in [0.25, 0.3) is 17.6 Å². The number of carbonyl (C=O) groups excluding carboxylic acids is 3. The number of nitrogens with zero attached hydrogens (tertiary/aromatic N) is 3. The third-order valence-corrected chi connectivity index (χ3v) is 5.95. The number of piperazine rings is 1. The van der Waals surface area contributed by atoms with E-state index < -0.39 is 17.2 Å². The Morgan fingerprint density at radius 2 is 1.83 bits per heavy atom. The Balaban J connectivity index is 1.36. The minimum atomic E-state index is -0.517. The number of ketones is 1. The Hall–Kier alpha value is -3.48. The van der Waals surface area contributed by atoms with Crippen LogP contribution in [0.25, 0.3) is 10.9 Å². The predicted molar refractivity (Wildman–Crippen MR) is 106 cm³/mol. The van der Waals surface area contributed by atoms with Crippen molar-refractivity contribution in [3.8, 4) is 0 Å². The molecule has 1 aliphatic carbocycles. The van der Waals surface area contributed by atoms with Gasteiger partial charge in [-0.1, -0.05) is 18.2 Å². The van der Waals surface area contributed by atoms with E-state index in [2.05, 4.69) is 9.97 Å². The molecule has 1 aromatic carbocycles. The second kappa shape index (κ2) is 6.55. The van der Waals surface area contributed by atoms with Crippen LogP contribution in [0.2, 0.25) is 0 Å². The topological polar surface area (TPSA) is 86.4 Å². The first-order valence-corrected chi connectivity index (χ1v) is 9.71. The lowest BCUT2D eigenvalue weighted by Crippen LogP contribution is -2.59. The molecule has 0 atom stereocenters. The summed E-state index contributed by atoms with van der Waals surface area (Å²) in [5.74, 6) is -1.04. The summed E-state index contributed by atoms with van der Waals surface area (Å²) in [6.07, 6.45) is 6.42. The Morgan fingerprint density at radius 3 is 2.59 bits per heavy atom. The molecule has 2 aliphatic rings. The highest BCUT2D eigenvalue weighted by Crippen LogP contribution is 2.44. The molecular weight excluding hydrogens is 368 g/mol. The van der Waals surface area contributed by atoms with Crippen LogP contribution in [0.15, 0.2) is 55.0 Å². The minimum absolute atomic E-state index is 0.0283. The van der Waals surface area contributed by atoms with Gasteiger partial charge in [0.15, 0.2) is 0 Å². The van der Waals surface area contributed by atoms with Gasteiger partial charge in [-0.05, 0) is 31.0 Å². The molecule has 3 heterocycles. The lowest BCUT2D eigenvalue weighted by atomic mass is 10.0. The summed E-state index contributed by atoms with van der Waals surface area (Å²) in [4.78, 5) is 49.4. The summed E-state index contributed by atoms with van der Waals surface area (Å²) in [5, 5.41) is 0.695. The molecule has 1 N–H and O–H groups in total. The van der Waals surface area contributed by atoms with E-state index in [1.54, 1.807) is 46.6 Å². The molecule has 1 aliphatic heterocycles. The number of aromatic amines is 1. The summed E-state index contributed by atoms with van der Waals surface area (Å²) in [7, 11) is 0. The van der Waals surface area contributed by atoms with E-state index in [0.717, 1.165) is 18.4 Å². The van der Waals surface area contributed by atoms with E-state index in [-0.39, 0.29) is 5.91 Å². The molecule has 2 amide bonds. The fraction of sp³-hybridized carbons (Fsp3) is 0.273. The highest BCUT2D eigenvalue weighted by molar-refractivity contribution is 6.45. The van der Waals surface area contributed by atoms with Gasteiger partial charge in [0, 0.05) is 43.0 Å². The van der Waals surface area contributed by atoms with Gasteiger partial charge in [0.2, 0.25) is 0 Å². The largest absolute Gasteiger partial charge is 0.359 e. The molecule has 1 saturated heterocycles. The van der Waals surface area contributed by atoms with Crippen molar-refractivity contribution in [2.75, 3.05) is 19.6 Å². The molecule has 29 heavy (non-hydrogen) atoms. The van der Waals surface area contributed by atoms with E-state index in [4.69, 9.17) is 0 Å². The Kier molecular flexibility index (Phi) is 3.97. The van der Waals surface area contributed by atoms with Gasteiger partial charge < -0.3 is 14.8 Å². The van der Waals surface area contributed by atoms with Crippen LogP contribution in [0.3, 0.4) is 0 Å². The zero-order chi connectivity index (χ0) is 20.0. The number of hydrogen-bond donors (Lipinski definition) is 1. The fourth-order valence-electron chi connectivity index (χ4n) is 4.20. The van der Waals surface area contributed by atoms with E-state index in [1.165, 1.54) is 0 Å². The minimum Gasteiger partial charge on any atom is -0.359 e. The van der Waals surface area contributed by atoms with Gasteiger partial charge >= 0.3 is 0 Å². The zero-order valence-corrected chi connectivity index (χ0v) is 15.8. The van der Waals surface area contributed by atoms with E-state index in [0.29, 0.717) is 36.1 Å². The van der Waals surface area contributed by atoms with Crippen molar-refractivity contribution in [3.05, 3.63) is 66.1 Å². The summed E-state index contributed by atoms with van der Waals surface area (Å²) in [5.41, 5.74) is 1.32. The van der Waals surface area contributed by atoms with Crippen LogP contribution in [0.1, 0.15) is 33.6 Å². The first-order valence-electron chi connectivity index (χ1n) is 9.71. The number of H-pyrrole nitrogens is 1. The van der Waals surface area contributed by atoms with Crippen LogP contribution >= 0.6 is 0 Å². The summed E-state index contributed by atoms with van der Waals surface area (Å²) in [6.45, 7) is 1.26. The zero-order valence-electron chi connectivity index (χ0n) is 15.8. The first-order chi connectivity index (χ1) is 14.1. The van der Waals surface area contributed by atoms with Crippen LogP contribution < -0.4 is 0 Å². The quantitative estimate of drug-likeness (QED) is 0.551. The second-order valence-corrected chi connectivity index (χ2v) is 7.73. The van der Waals surface area contributed by atoms with Crippen molar-refractivity contribution in [1.29, 1.82) is 0 Å². The molecule has 3 aromatic rings. The molecular formula is C22H20N4O3. The number of nitrogens with one attached hydrogen (secondary N) is 1. The van der Waals surface area contributed by atoms with Crippen LogP contribution in [0, 0.1) is 0 Å². The molecule has 2 aromatic heterocycles. The number of hydrogen-bond acceptors (Lipinski definition) is 4. The molecule has 5 rings (SSSR count). The lowest BCUT2D eigenvalue weighted by Gasteiger charge is -2.41. The smallest absolute Gasteiger partial charge is 0.295 e. The van der Waals surface area contributed by atoms with Crippen molar-refractivity contribution in [2.45, 2.75) is 18.4 Å². The van der Waals surface area contributed by atoms with Crippen molar-refractivity contribution in [1.82, 2.24) is 19.8 Å². The standard InChI is InChI=1S/C22H20N4O3/c27-19(17-12-24-18-13-23-9-6-16(17)18)21(29)26-11-10-25(14-22(26)7-8-22)20(28)15-4-2-1-3-5-15/h1-6,9,12-13,24H,7-8,10-11,14H2. The maximum Gasteiger partial charge on any atom is 0.295 e. The van der Waals surface area contributed by atoms with Crippen LogP contribution in [0.5, 0.6) is 0 Å². The maximum absolute atomic E-state index is 13.1.